The summed E-state index contributed by atoms with van der Waals surface area (Å²) in [5.41, 5.74) is -0.356. The van der Waals surface area contributed by atoms with Crippen LogP contribution >= 0.6 is 0 Å². The number of hydrogen-bond acceptors (Lipinski definition) is 3. The van der Waals surface area contributed by atoms with E-state index in [0.717, 1.165) is 25.6 Å². The Morgan fingerprint density at radius 2 is 1.89 bits per heavy atom. The van der Waals surface area contributed by atoms with Crippen LogP contribution in [0.15, 0.2) is 0 Å². The van der Waals surface area contributed by atoms with Gasteiger partial charge in [0.25, 0.3) is 0 Å². The SMILES string of the molecule is CCCC1CCN(CCC(=O)OC(C)(C)C)CC1. The zero-order valence-electron chi connectivity index (χ0n) is 12.5. The molecule has 3 nitrogen and oxygen atoms in total. The van der Waals surface area contributed by atoms with Crippen LogP contribution in [0.1, 0.15) is 59.8 Å². The summed E-state index contributed by atoms with van der Waals surface area (Å²) in [6.45, 7) is 11.2. The van der Waals surface area contributed by atoms with E-state index in [0.29, 0.717) is 6.42 Å². The Hall–Kier alpha value is -0.570. The minimum atomic E-state index is -0.356. The number of carbonyl (C=O) groups excluding carboxylic acids is 1. The fraction of sp³-hybridized carbons (Fsp3) is 0.933. The topological polar surface area (TPSA) is 29.5 Å². The molecule has 1 fully saturated rings. The second kappa shape index (κ2) is 7.13. The summed E-state index contributed by atoms with van der Waals surface area (Å²) in [6.07, 6.45) is 5.77. The van der Waals surface area contributed by atoms with E-state index in [-0.39, 0.29) is 11.6 Å². The molecule has 3 heteroatoms. The molecule has 18 heavy (non-hydrogen) atoms. The van der Waals surface area contributed by atoms with Gasteiger partial charge in [-0.3, -0.25) is 4.79 Å². The van der Waals surface area contributed by atoms with Gasteiger partial charge in [-0.2, -0.15) is 0 Å². The van der Waals surface area contributed by atoms with E-state index < -0.39 is 0 Å². The maximum atomic E-state index is 11.6. The zero-order valence-corrected chi connectivity index (χ0v) is 12.5. The molecule has 1 heterocycles. The lowest BCUT2D eigenvalue weighted by atomic mass is 9.92. The Bertz CT molecular complexity index is 250. The first-order valence-electron chi connectivity index (χ1n) is 7.35. The highest BCUT2D eigenvalue weighted by molar-refractivity contribution is 5.70. The quantitative estimate of drug-likeness (QED) is 0.706. The predicted molar refractivity (Wildman–Crippen MR) is 74.5 cm³/mol. The molecule has 106 valence electrons. The standard InChI is InChI=1S/C15H29NO2/c1-5-6-13-7-10-16(11-8-13)12-9-14(17)18-15(2,3)4/h13H,5-12H2,1-4H3. The molecular formula is C15H29NO2. The van der Waals surface area contributed by atoms with Crippen LogP contribution in [0.4, 0.5) is 0 Å². The number of rotatable bonds is 5. The van der Waals surface area contributed by atoms with Gasteiger partial charge in [-0.15, -0.1) is 0 Å². The molecule has 0 atom stereocenters. The van der Waals surface area contributed by atoms with Crippen molar-refractivity contribution in [1.82, 2.24) is 4.90 Å². The number of nitrogens with zero attached hydrogens (tertiary/aromatic N) is 1. The highest BCUT2D eigenvalue weighted by atomic mass is 16.6. The van der Waals surface area contributed by atoms with Crippen molar-refractivity contribution in [3.63, 3.8) is 0 Å². The summed E-state index contributed by atoms with van der Waals surface area (Å²) >= 11 is 0. The largest absolute Gasteiger partial charge is 0.460 e. The van der Waals surface area contributed by atoms with Crippen LogP contribution in [0.2, 0.25) is 0 Å². The molecule has 0 N–H and O–H groups in total. The van der Waals surface area contributed by atoms with Crippen LogP contribution in [0.3, 0.4) is 0 Å². The first-order valence-corrected chi connectivity index (χ1v) is 7.35. The Labute approximate surface area is 112 Å². The Balaban J connectivity index is 2.16. The average molecular weight is 255 g/mol. The van der Waals surface area contributed by atoms with Crippen LogP contribution in [-0.2, 0) is 9.53 Å². The van der Waals surface area contributed by atoms with E-state index >= 15 is 0 Å². The lowest BCUT2D eigenvalue weighted by Gasteiger charge is -2.31. The van der Waals surface area contributed by atoms with Gasteiger partial charge in [0.1, 0.15) is 5.60 Å². The molecule has 0 aromatic carbocycles. The molecule has 0 amide bonds. The van der Waals surface area contributed by atoms with Gasteiger partial charge in [-0.05, 0) is 52.6 Å². The molecule has 0 aromatic heterocycles. The van der Waals surface area contributed by atoms with E-state index in [2.05, 4.69) is 11.8 Å². The smallest absolute Gasteiger partial charge is 0.307 e. The number of likely N-dealkylation sites (tertiary alicyclic amines) is 1. The summed E-state index contributed by atoms with van der Waals surface area (Å²) in [6, 6.07) is 0. The van der Waals surface area contributed by atoms with E-state index in [9.17, 15) is 4.79 Å². The van der Waals surface area contributed by atoms with Gasteiger partial charge in [0, 0.05) is 6.54 Å². The van der Waals surface area contributed by atoms with Crippen molar-refractivity contribution in [3.8, 4) is 0 Å². The molecular weight excluding hydrogens is 226 g/mol. The summed E-state index contributed by atoms with van der Waals surface area (Å²) < 4.78 is 5.32. The molecule has 0 aliphatic carbocycles. The lowest BCUT2D eigenvalue weighted by molar-refractivity contribution is -0.155. The molecule has 1 aliphatic rings. The van der Waals surface area contributed by atoms with E-state index in [4.69, 9.17) is 4.74 Å². The minimum absolute atomic E-state index is 0.0711. The molecule has 0 bridgehead atoms. The fourth-order valence-electron chi connectivity index (χ4n) is 2.55. The second-order valence-electron chi connectivity index (χ2n) is 6.41. The van der Waals surface area contributed by atoms with Gasteiger partial charge in [0.05, 0.1) is 6.42 Å². The molecule has 0 radical (unpaired) electrons. The van der Waals surface area contributed by atoms with E-state index in [1.165, 1.54) is 25.7 Å². The molecule has 0 aromatic rings. The third kappa shape index (κ3) is 6.39. The summed E-state index contributed by atoms with van der Waals surface area (Å²) in [5.74, 6) is 0.839. The highest BCUT2D eigenvalue weighted by Gasteiger charge is 2.20. The first-order chi connectivity index (χ1) is 8.40. The van der Waals surface area contributed by atoms with Crippen molar-refractivity contribution in [3.05, 3.63) is 0 Å². The van der Waals surface area contributed by atoms with Crippen molar-refractivity contribution in [2.24, 2.45) is 5.92 Å². The third-order valence-electron chi connectivity index (χ3n) is 3.46. The van der Waals surface area contributed by atoms with Crippen LogP contribution in [-0.4, -0.2) is 36.1 Å². The Morgan fingerprint density at radius 1 is 1.28 bits per heavy atom. The fourth-order valence-corrected chi connectivity index (χ4v) is 2.55. The van der Waals surface area contributed by atoms with Gasteiger partial charge in [0.15, 0.2) is 0 Å². The van der Waals surface area contributed by atoms with Crippen LogP contribution < -0.4 is 0 Å². The zero-order chi connectivity index (χ0) is 13.6. The van der Waals surface area contributed by atoms with Crippen LogP contribution in [0.25, 0.3) is 0 Å². The Morgan fingerprint density at radius 3 is 2.39 bits per heavy atom. The number of piperidine rings is 1. The maximum Gasteiger partial charge on any atom is 0.307 e. The number of esters is 1. The monoisotopic (exact) mass is 255 g/mol. The molecule has 0 unspecified atom stereocenters. The number of hydrogen-bond donors (Lipinski definition) is 0. The van der Waals surface area contributed by atoms with E-state index in [1.807, 2.05) is 20.8 Å². The minimum Gasteiger partial charge on any atom is -0.460 e. The van der Waals surface area contributed by atoms with Gasteiger partial charge in [0.2, 0.25) is 0 Å². The van der Waals surface area contributed by atoms with Gasteiger partial charge in [-0.1, -0.05) is 19.8 Å². The van der Waals surface area contributed by atoms with Crippen molar-refractivity contribution < 1.29 is 9.53 Å². The van der Waals surface area contributed by atoms with Crippen LogP contribution in [0.5, 0.6) is 0 Å². The maximum absolute atomic E-state index is 11.6. The summed E-state index contributed by atoms with van der Waals surface area (Å²) in [4.78, 5) is 14.0. The average Bonchev–Trinajstić information content (AvgIpc) is 2.26. The van der Waals surface area contributed by atoms with Gasteiger partial charge >= 0.3 is 5.97 Å². The number of ether oxygens (including phenoxy) is 1. The van der Waals surface area contributed by atoms with E-state index in [1.54, 1.807) is 0 Å². The molecule has 1 aliphatic heterocycles. The lowest BCUT2D eigenvalue weighted by Crippen LogP contribution is -2.36. The number of carbonyl (C=O) groups is 1. The van der Waals surface area contributed by atoms with Crippen molar-refractivity contribution in [2.75, 3.05) is 19.6 Å². The van der Waals surface area contributed by atoms with Crippen molar-refractivity contribution in [2.45, 2.75) is 65.4 Å². The summed E-state index contributed by atoms with van der Waals surface area (Å²) in [7, 11) is 0. The summed E-state index contributed by atoms with van der Waals surface area (Å²) in [5, 5.41) is 0. The predicted octanol–water partition coefficient (Wildman–Crippen LogP) is 3.23. The first kappa shape index (κ1) is 15.5. The molecule has 1 rings (SSSR count). The second-order valence-corrected chi connectivity index (χ2v) is 6.41. The molecule has 1 saturated heterocycles. The third-order valence-corrected chi connectivity index (χ3v) is 3.46. The normalized spacial score (nSPS) is 18.9. The van der Waals surface area contributed by atoms with Gasteiger partial charge in [-0.25, -0.2) is 0 Å². The highest BCUT2D eigenvalue weighted by Crippen LogP contribution is 2.21. The molecule has 0 saturated carbocycles. The molecule has 0 spiro atoms. The van der Waals surface area contributed by atoms with Crippen LogP contribution in [0, 0.1) is 5.92 Å². The van der Waals surface area contributed by atoms with Crippen molar-refractivity contribution >= 4 is 5.97 Å². The van der Waals surface area contributed by atoms with Gasteiger partial charge < -0.3 is 9.64 Å². The Kier molecular flexibility index (Phi) is 6.13. The van der Waals surface area contributed by atoms with Crippen molar-refractivity contribution in [1.29, 1.82) is 0 Å².